The molecule has 3 rings (SSSR count). The molecule has 188 valence electrons. The number of benzene rings is 3. The summed E-state index contributed by atoms with van der Waals surface area (Å²) in [6, 6.07) is 16.8. The molecule has 0 aromatic heterocycles. The lowest BCUT2D eigenvalue weighted by Gasteiger charge is -2.21. The molecule has 3 aromatic rings. The molecule has 0 heterocycles. The smallest absolute Gasteiger partial charge is 0.311 e. The van der Waals surface area contributed by atoms with Crippen molar-refractivity contribution in [2.24, 2.45) is 5.10 Å². The number of amides is 1. The summed E-state index contributed by atoms with van der Waals surface area (Å²) in [4.78, 5) is 23.2. The van der Waals surface area contributed by atoms with Crippen LogP contribution >= 0.6 is 27.5 Å². The molecule has 0 bridgehead atoms. The molecule has 0 aliphatic carbocycles. The summed E-state index contributed by atoms with van der Waals surface area (Å²) in [7, 11) is -2.75. The van der Waals surface area contributed by atoms with Crippen LogP contribution in [0.25, 0.3) is 0 Å². The number of nitrogens with one attached hydrogen (secondary N) is 1. The van der Waals surface area contributed by atoms with Crippen molar-refractivity contribution in [3.05, 3.63) is 97.5 Å². The lowest BCUT2D eigenvalue weighted by molar-refractivity contribution is -0.385. The van der Waals surface area contributed by atoms with Gasteiger partial charge in [-0.3, -0.25) is 14.9 Å². The first-order valence-electron chi connectivity index (χ1n) is 10.2. The maximum atomic E-state index is 13.3. The van der Waals surface area contributed by atoms with Crippen molar-refractivity contribution in [3.8, 4) is 5.75 Å². The highest BCUT2D eigenvalue weighted by Crippen LogP contribution is 2.27. The molecule has 36 heavy (non-hydrogen) atoms. The van der Waals surface area contributed by atoms with E-state index < -0.39 is 27.4 Å². The van der Waals surface area contributed by atoms with E-state index in [4.69, 9.17) is 16.3 Å². The van der Waals surface area contributed by atoms with Gasteiger partial charge in [0.15, 0.2) is 5.75 Å². The lowest BCUT2D eigenvalue weighted by Crippen LogP contribution is -2.39. The van der Waals surface area contributed by atoms with Gasteiger partial charge in [0, 0.05) is 27.7 Å². The number of halogens is 2. The maximum Gasteiger partial charge on any atom is 0.311 e. The molecular weight excluding hydrogens is 576 g/mol. The largest absolute Gasteiger partial charge is 0.490 e. The predicted molar refractivity (Wildman–Crippen MR) is 139 cm³/mol. The van der Waals surface area contributed by atoms with Crippen molar-refractivity contribution in [3.63, 3.8) is 0 Å². The van der Waals surface area contributed by atoms with Gasteiger partial charge in [-0.15, -0.1) is 0 Å². The zero-order valence-corrected chi connectivity index (χ0v) is 22.0. The molecule has 1 amide bonds. The molecule has 1 N–H and O–H groups in total. The molecule has 0 aliphatic rings. The average molecular weight is 596 g/mol. The van der Waals surface area contributed by atoms with Crippen molar-refractivity contribution in [1.29, 1.82) is 0 Å². The van der Waals surface area contributed by atoms with E-state index in [9.17, 15) is 23.3 Å². The van der Waals surface area contributed by atoms with Crippen molar-refractivity contribution in [1.82, 2.24) is 9.73 Å². The van der Waals surface area contributed by atoms with Crippen molar-refractivity contribution < 1.29 is 22.9 Å². The highest BCUT2D eigenvalue weighted by molar-refractivity contribution is 9.10. The molecule has 0 fully saturated rings. The van der Waals surface area contributed by atoms with Crippen LogP contribution in [0.4, 0.5) is 5.69 Å². The Kier molecular flexibility index (Phi) is 9.15. The van der Waals surface area contributed by atoms with E-state index in [0.717, 1.165) is 8.78 Å². The summed E-state index contributed by atoms with van der Waals surface area (Å²) in [6.07, 6.45) is 1.21. The third-order valence-corrected chi connectivity index (χ3v) is 7.43. The van der Waals surface area contributed by atoms with Gasteiger partial charge in [0.1, 0.15) is 0 Å². The zero-order chi connectivity index (χ0) is 26.3. The predicted octanol–water partition coefficient (Wildman–Crippen LogP) is 4.36. The van der Waals surface area contributed by atoms with Gasteiger partial charge in [0.25, 0.3) is 5.91 Å². The first-order valence-corrected chi connectivity index (χ1v) is 12.9. The van der Waals surface area contributed by atoms with Crippen LogP contribution in [-0.4, -0.2) is 43.4 Å². The number of sulfonamides is 1. The van der Waals surface area contributed by atoms with E-state index >= 15 is 0 Å². The number of nitrogens with zero attached hydrogens (tertiary/aromatic N) is 3. The Morgan fingerprint density at radius 2 is 1.83 bits per heavy atom. The molecule has 0 unspecified atom stereocenters. The number of hydrazone groups is 1. The van der Waals surface area contributed by atoms with Crippen LogP contribution in [0.5, 0.6) is 5.75 Å². The number of carbonyl (C=O) groups excluding carboxylic acids is 1. The minimum atomic E-state index is -4.06. The van der Waals surface area contributed by atoms with Crippen LogP contribution < -0.4 is 10.2 Å². The van der Waals surface area contributed by atoms with E-state index in [-0.39, 0.29) is 22.9 Å². The van der Waals surface area contributed by atoms with E-state index in [0.29, 0.717) is 16.1 Å². The fourth-order valence-electron chi connectivity index (χ4n) is 3.08. The van der Waals surface area contributed by atoms with Gasteiger partial charge in [0.05, 0.1) is 29.7 Å². The summed E-state index contributed by atoms with van der Waals surface area (Å²) in [5.41, 5.74) is 3.00. The molecule has 0 spiro atoms. The number of hydrogen-bond acceptors (Lipinski definition) is 7. The fraction of sp³-hybridized carbons (Fsp3) is 0.130. The average Bonchev–Trinajstić information content (AvgIpc) is 2.85. The van der Waals surface area contributed by atoms with E-state index in [1.165, 1.54) is 55.8 Å². The molecule has 13 heteroatoms. The van der Waals surface area contributed by atoms with Gasteiger partial charge in [-0.2, -0.15) is 9.41 Å². The number of nitro groups is 1. The molecule has 10 nitrogen and oxygen atoms in total. The zero-order valence-electron chi connectivity index (χ0n) is 18.8. The number of carbonyl (C=O) groups is 1. The first kappa shape index (κ1) is 27.3. The first-order chi connectivity index (χ1) is 17.1. The van der Waals surface area contributed by atoms with Crippen LogP contribution in [0, 0.1) is 10.1 Å². The summed E-state index contributed by atoms with van der Waals surface area (Å²) < 4.78 is 33.4. The van der Waals surface area contributed by atoms with E-state index in [1.807, 2.05) is 0 Å². The van der Waals surface area contributed by atoms with Crippen LogP contribution in [0.1, 0.15) is 11.1 Å². The van der Waals surface area contributed by atoms with Crippen LogP contribution in [0.3, 0.4) is 0 Å². The fourth-order valence-corrected chi connectivity index (χ4v) is 4.85. The highest BCUT2D eigenvalue weighted by Gasteiger charge is 2.27. The second kappa shape index (κ2) is 12.1. The van der Waals surface area contributed by atoms with Gasteiger partial charge in [-0.05, 0) is 54.1 Å². The van der Waals surface area contributed by atoms with Crippen molar-refractivity contribution >= 4 is 55.4 Å². The monoisotopic (exact) mass is 594 g/mol. The van der Waals surface area contributed by atoms with E-state index in [1.54, 1.807) is 24.3 Å². The Morgan fingerprint density at radius 1 is 1.17 bits per heavy atom. The summed E-state index contributed by atoms with van der Waals surface area (Å²) in [6.45, 7) is -0.596. The third-order valence-electron chi connectivity index (χ3n) is 4.85. The summed E-state index contributed by atoms with van der Waals surface area (Å²) in [5.74, 6) is -0.624. The minimum absolute atomic E-state index is 0.0224. The number of methoxy groups -OCH3 is 1. The second-order valence-electron chi connectivity index (χ2n) is 7.34. The molecule has 0 saturated heterocycles. The molecule has 3 aromatic carbocycles. The Labute approximate surface area is 220 Å². The topological polar surface area (TPSA) is 131 Å². The Bertz CT molecular complexity index is 1380. The molecule has 0 radical (unpaired) electrons. The summed E-state index contributed by atoms with van der Waals surface area (Å²) in [5, 5.41) is 15.4. The quantitative estimate of drug-likeness (QED) is 0.211. The number of ether oxygens (including phenoxy) is 1. The summed E-state index contributed by atoms with van der Waals surface area (Å²) >= 11 is 9.22. The second-order valence-corrected chi connectivity index (χ2v) is 10.6. The normalized spacial score (nSPS) is 11.6. The Hall–Kier alpha value is -3.32. The lowest BCUT2D eigenvalue weighted by atomic mass is 10.2. The SMILES string of the molecule is COc1ccc(/C=N\NC(=O)CN(Cc2ccc(Br)cc2)S(=O)(=O)c2ccc(Cl)cc2)cc1[N+](=O)[O-]. The van der Waals surface area contributed by atoms with Gasteiger partial charge in [-0.1, -0.05) is 39.7 Å². The van der Waals surface area contributed by atoms with Crippen molar-refractivity contribution in [2.75, 3.05) is 13.7 Å². The van der Waals surface area contributed by atoms with Crippen LogP contribution in [0.15, 0.2) is 81.2 Å². The van der Waals surface area contributed by atoms with Gasteiger partial charge in [-0.25, -0.2) is 13.8 Å². The van der Waals surface area contributed by atoms with Gasteiger partial charge >= 0.3 is 5.69 Å². The highest BCUT2D eigenvalue weighted by atomic mass is 79.9. The van der Waals surface area contributed by atoms with Crippen molar-refractivity contribution in [2.45, 2.75) is 11.4 Å². The molecule has 0 atom stereocenters. The number of nitro benzene ring substituents is 1. The third kappa shape index (κ3) is 7.10. The molecular formula is C23H20BrClN4O6S. The minimum Gasteiger partial charge on any atom is -0.490 e. The van der Waals surface area contributed by atoms with E-state index in [2.05, 4.69) is 26.5 Å². The molecule has 0 aliphatic heterocycles. The number of rotatable bonds is 10. The number of hydrogen-bond donors (Lipinski definition) is 1. The van der Waals surface area contributed by atoms with Gasteiger partial charge < -0.3 is 4.74 Å². The van der Waals surface area contributed by atoms with Crippen LogP contribution in [0.2, 0.25) is 5.02 Å². The van der Waals surface area contributed by atoms with Crippen LogP contribution in [-0.2, 0) is 21.4 Å². The maximum absolute atomic E-state index is 13.3. The Morgan fingerprint density at radius 3 is 2.44 bits per heavy atom. The Balaban J connectivity index is 1.78. The molecule has 0 saturated carbocycles. The van der Waals surface area contributed by atoms with Gasteiger partial charge in [0.2, 0.25) is 10.0 Å². The standard InChI is InChI=1S/C23H20BrClN4O6S/c1-35-22-11-4-17(12-21(22)29(31)32)13-26-27-23(30)15-28(14-16-2-5-18(24)6-3-16)36(33,34)20-9-7-19(25)8-10-20/h2-13H,14-15H2,1H3,(H,27,30)/b26-13-.